The van der Waals surface area contributed by atoms with E-state index < -0.39 is 0 Å². The van der Waals surface area contributed by atoms with Crippen LogP contribution in [0.2, 0.25) is 5.15 Å². The Bertz CT molecular complexity index is 299. The maximum atomic E-state index is 5.77. The van der Waals surface area contributed by atoms with Crippen molar-refractivity contribution in [3.63, 3.8) is 0 Å². The minimum atomic E-state index is 0.556. The number of hydrogen-bond acceptors (Lipinski definition) is 2. The smallest absolute Gasteiger partial charge is 0.129 e. The van der Waals surface area contributed by atoms with E-state index in [1.54, 1.807) is 0 Å². The largest absolute Gasteiger partial charge is 0.381 e. The molecular weight excluding hydrogens is 172 g/mol. The van der Waals surface area contributed by atoms with E-state index >= 15 is 0 Å². The number of anilines is 1. The van der Waals surface area contributed by atoms with Gasteiger partial charge in [-0.25, -0.2) is 4.98 Å². The molecule has 0 saturated carbocycles. The number of halogens is 1. The third-order valence-corrected chi connectivity index (χ3v) is 2.37. The molecule has 0 saturated heterocycles. The van der Waals surface area contributed by atoms with Gasteiger partial charge in [-0.15, -0.1) is 0 Å². The summed E-state index contributed by atoms with van der Waals surface area (Å²) < 4.78 is 0. The quantitative estimate of drug-likeness (QED) is 0.624. The summed E-state index contributed by atoms with van der Waals surface area (Å²) in [5, 5.41) is 3.95. The first-order valence-electron chi connectivity index (χ1n) is 4.17. The Balaban J connectivity index is 2.37. The summed E-state index contributed by atoms with van der Waals surface area (Å²) in [4.78, 5) is 4.25. The molecular formula is C9H11ClN2. The lowest BCUT2D eigenvalue weighted by Crippen LogP contribution is -2.22. The van der Waals surface area contributed by atoms with Gasteiger partial charge in [-0.2, -0.15) is 0 Å². The molecule has 2 nitrogen and oxygen atoms in total. The van der Waals surface area contributed by atoms with Gasteiger partial charge in [0.25, 0.3) is 0 Å². The standard InChI is InChI=1S/C9H11ClN2/c1-6-2-3-8-7(11-6)4-5-9(10)12-8/h4-6,11H,2-3H2,1H3. The van der Waals surface area contributed by atoms with E-state index in [4.69, 9.17) is 11.6 Å². The van der Waals surface area contributed by atoms with Crippen molar-refractivity contribution in [2.24, 2.45) is 0 Å². The van der Waals surface area contributed by atoms with Crippen LogP contribution in [0.25, 0.3) is 0 Å². The number of aromatic nitrogens is 1. The fourth-order valence-corrected chi connectivity index (χ4v) is 1.65. The summed E-state index contributed by atoms with van der Waals surface area (Å²) in [6.07, 6.45) is 2.17. The van der Waals surface area contributed by atoms with E-state index in [0.29, 0.717) is 11.2 Å². The SMILES string of the molecule is CC1CCc2nc(Cl)ccc2N1. The maximum absolute atomic E-state index is 5.77. The summed E-state index contributed by atoms with van der Waals surface area (Å²) >= 11 is 5.77. The van der Waals surface area contributed by atoms with Gasteiger partial charge in [0.2, 0.25) is 0 Å². The Hall–Kier alpha value is -0.760. The van der Waals surface area contributed by atoms with Crippen molar-refractivity contribution in [2.45, 2.75) is 25.8 Å². The Morgan fingerprint density at radius 2 is 2.42 bits per heavy atom. The van der Waals surface area contributed by atoms with Gasteiger partial charge < -0.3 is 5.32 Å². The average molecular weight is 183 g/mol. The molecule has 12 heavy (non-hydrogen) atoms. The molecule has 0 bridgehead atoms. The van der Waals surface area contributed by atoms with Crippen LogP contribution in [0.3, 0.4) is 0 Å². The second-order valence-electron chi connectivity index (χ2n) is 3.21. The van der Waals surface area contributed by atoms with Crippen molar-refractivity contribution in [3.8, 4) is 0 Å². The minimum absolute atomic E-state index is 0.556. The molecule has 0 amide bonds. The van der Waals surface area contributed by atoms with Crippen molar-refractivity contribution >= 4 is 17.3 Å². The van der Waals surface area contributed by atoms with Crippen LogP contribution < -0.4 is 5.32 Å². The Kier molecular flexibility index (Phi) is 1.93. The average Bonchev–Trinajstić information content (AvgIpc) is 2.05. The predicted molar refractivity (Wildman–Crippen MR) is 50.7 cm³/mol. The van der Waals surface area contributed by atoms with Crippen molar-refractivity contribution in [3.05, 3.63) is 23.0 Å². The molecule has 0 radical (unpaired) electrons. The van der Waals surface area contributed by atoms with E-state index in [1.807, 2.05) is 12.1 Å². The molecule has 1 aromatic rings. The van der Waals surface area contributed by atoms with Gasteiger partial charge in [0, 0.05) is 6.04 Å². The number of pyridine rings is 1. The zero-order valence-corrected chi connectivity index (χ0v) is 7.73. The third kappa shape index (κ3) is 1.39. The van der Waals surface area contributed by atoms with Crippen molar-refractivity contribution in [1.82, 2.24) is 4.98 Å². The van der Waals surface area contributed by atoms with E-state index in [1.165, 1.54) is 0 Å². The van der Waals surface area contributed by atoms with Crippen LogP contribution in [0, 0.1) is 0 Å². The monoisotopic (exact) mass is 182 g/mol. The lowest BCUT2D eigenvalue weighted by atomic mass is 10.0. The predicted octanol–water partition coefficient (Wildman–Crippen LogP) is 2.48. The van der Waals surface area contributed by atoms with Gasteiger partial charge in [0.1, 0.15) is 5.15 Å². The van der Waals surface area contributed by atoms with Crippen LogP contribution in [0.5, 0.6) is 0 Å². The van der Waals surface area contributed by atoms with Gasteiger partial charge in [-0.3, -0.25) is 0 Å². The molecule has 1 aliphatic heterocycles. The first-order chi connectivity index (χ1) is 5.75. The highest BCUT2D eigenvalue weighted by Gasteiger charge is 2.14. The number of fused-ring (bicyclic) bond motifs is 1. The molecule has 3 heteroatoms. The number of nitrogens with zero attached hydrogens (tertiary/aromatic N) is 1. The highest BCUT2D eigenvalue weighted by Crippen LogP contribution is 2.24. The van der Waals surface area contributed by atoms with Gasteiger partial charge >= 0.3 is 0 Å². The van der Waals surface area contributed by atoms with Crippen LogP contribution >= 0.6 is 11.6 Å². The van der Waals surface area contributed by atoms with Crippen molar-refractivity contribution in [2.75, 3.05) is 5.32 Å². The number of hydrogen-bond donors (Lipinski definition) is 1. The molecule has 0 aliphatic carbocycles. The molecule has 0 fully saturated rings. The molecule has 2 rings (SSSR count). The van der Waals surface area contributed by atoms with Crippen LogP contribution in [0.15, 0.2) is 12.1 Å². The Morgan fingerprint density at radius 3 is 3.25 bits per heavy atom. The first-order valence-corrected chi connectivity index (χ1v) is 4.55. The van der Waals surface area contributed by atoms with Gasteiger partial charge in [0.05, 0.1) is 11.4 Å². The number of aryl methyl sites for hydroxylation is 1. The van der Waals surface area contributed by atoms with E-state index in [2.05, 4.69) is 17.2 Å². The second kappa shape index (κ2) is 2.94. The maximum Gasteiger partial charge on any atom is 0.129 e. The Labute approximate surface area is 77.0 Å². The Morgan fingerprint density at radius 1 is 1.58 bits per heavy atom. The molecule has 1 unspecified atom stereocenters. The zero-order valence-electron chi connectivity index (χ0n) is 6.97. The van der Waals surface area contributed by atoms with Crippen LogP contribution in [0.4, 0.5) is 5.69 Å². The van der Waals surface area contributed by atoms with Gasteiger partial charge in [-0.05, 0) is 31.9 Å². The lowest BCUT2D eigenvalue weighted by molar-refractivity contribution is 0.668. The van der Waals surface area contributed by atoms with Crippen LogP contribution in [-0.4, -0.2) is 11.0 Å². The summed E-state index contributed by atoms with van der Waals surface area (Å²) in [5.74, 6) is 0. The summed E-state index contributed by atoms with van der Waals surface area (Å²) in [6.45, 7) is 2.18. The third-order valence-electron chi connectivity index (χ3n) is 2.16. The molecule has 1 atom stereocenters. The summed E-state index contributed by atoms with van der Waals surface area (Å²) in [6, 6.07) is 4.38. The van der Waals surface area contributed by atoms with Crippen molar-refractivity contribution in [1.29, 1.82) is 0 Å². The van der Waals surface area contributed by atoms with Crippen molar-refractivity contribution < 1.29 is 0 Å². The van der Waals surface area contributed by atoms with Gasteiger partial charge in [-0.1, -0.05) is 11.6 Å². The highest BCUT2D eigenvalue weighted by atomic mass is 35.5. The van der Waals surface area contributed by atoms with Crippen LogP contribution in [0.1, 0.15) is 19.0 Å². The molecule has 64 valence electrons. The summed E-state index contributed by atoms with van der Waals surface area (Å²) in [7, 11) is 0. The topological polar surface area (TPSA) is 24.9 Å². The van der Waals surface area contributed by atoms with E-state index in [-0.39, 0.29) is 0 Å². The normalized spacial score (nSPS) is 21.3. The molecule has 1 aromatic heterocycles. The molecule has 1 N–H and O–H groups in total. The molecule has 1 aliphatic rings. The van der Waals surface area contributed by atoms with Gasteiger partial charge in [0.15, 0.2) is 0 Å². The molecule has 2 heterocycles. The fourth-order valence-electron chi connectivity index (χ4n) is 1.49. The number of nitrogens with one attached hydrogen (secondary N) is 1. The zero-order chi connectivity index (χ0) is 8.55. The van der Waals surface area contributed by atoms with Crippen LogP contribution in [-0.2, 0) is 6.42 Å². The second-order valence-corrected chi connectivity index (χ2v) is 3.60. The molecule has 0 aromatic carbocycles. The highest BCUT2D eigenvalue weighted by molar-refractivity contribution is 6.29. The first kappa shape index (κ1) is 7.87. The number of rotatable bonds is 0. The lowest BCUT2D eigenvalue weighted by Gasteiger charge is -2.22. The minimum Gasteiger partial charge on any atom is -0.381 e. The molecule has 0 spiro atoms. The summed E-state index contributed by atoms with van der Waals surface area (Å²) in [5.41, 5.74) is 2.23. The van der Waals surface area contributed by atoms with E-state index in [9.17, 15) is 0 Å². The fraction of sp³-hybridized carbons (Fsp3) is 0.444. The van der Waals surface area contributed by atoms with E-state index in [0.717, 1.165) is 24.2 Å².